The molecule has 1 aliphatic heterocycles. The summed E-state index contributed by atoms with van der Waals surface area (Å²) < 4.78 is 38.1. The maximum Gasteiger partial charge on any atom is 0.416 e. The second kappa shape index (κ2) is 9.11. The summed E-state index contributed by atoms with van der Waals surface area (Å²) in [4.78, 5) is 26.3. The standard InChI is InChI=1S/C20H24F3N3O2/c1-3-9-19(2)18(28)25-11-12-26(19)14-17(27)24-10-5-7-15-6-4-8-16(13-15)20(21,22)23/h4,6,8,13H,3,9-12,14H2,1-2H3,(H,24,27)(H,25,28)/t19-/m0/s1. The second-order valence-corrected chi connectivity index (χ2v) is 6.86. The van der Waals surface area contributed by atoms with Gasteiger partial charge in [-0.2, -0.15) is 13.2 Å². The quantitative estimate of drug-likeness (QED) is 0.752. The summed E-state index contributed by atoms with van der Waals surface area (Å²) in [6, 6.07) is 4.72. The third-order valence-electron chi connectivity index (χ3n) is 4.72. The highest BCUT2D eigenvalue weighted by Crippen LogP contribution is 2.29. The number of halogens is 3. The van der Waals surface area contributed by atoms with Crippen molar-refractivity contribution in [3.05, 3.63) is 35.4 Å². The number of carbonyl (C=O) groups excluding carboxylic acids is 2. The molecule has 0 aliphatic carbocycles. The highest BCUT2D eigenvalue weighted by atomic mass is 19.4. The van der Waals surface area contributed by atoms with Crippen LogP contribution in [0.25, 0.3) is 0 Å². The number of hydrogen-bond acceptors (Lipinski definition) is 3. The summed E-state index contributed by atoms with van der Waals surface area (Å²) >= 11 is 0. The van der Waals surface area contributed by atoms with Gasteiger partial charge in [-0.1, -0.05) is 31.3 Å². The van der Waals surface area contributed by atoms with Crippen LogP contribution in [0.4, 0.5) is 13.2 Å². The summed E-state index contributed by atoms with van der Waals surface area (Å²) in [5, 5.41) is 5.46. The summed E-state index contributed by atoms with van der Waals surface area (Å²) in [5.41, 5.74) is -1.26. The molecule has 2 rings (SSSR count). The molecule has 0 bridgehead atoms. The van der Waals surface area contributed by atoms with Gasteiger partial charge in [0.15, 0.2) is 0 Å². The van der Waals surface area contributed by atoms with Crippen molar-refractivity contribution in [3.63, 3.8) is 0 Å². The molecule has 1 fully saturated rings. The first-order valence-electron chi connectivity index (χ1n) is 9.13. The smallest absolute Gasteiger partial charge is 0.353 e. The Hall–Kier alpha value is -2.53. The predicted molar refractivity (Wildman–Crippen MR) is 99.2 cm³/mol. The number of carbonyl (C=O) groups is 2. The van der Waals surface area contributed by atoms with E-state index in [1.165, 1.54) is 12.1 Å². The lowest BCUT2D eigenvalue weighted by Gasteiger charge is -2.43. The van der Waals surface area contributed by atoms with E-state index in [0.717, 1.165) is 18.6 Å². The summed E-state index contributed by atoms with van der Waals surface area (Å²) in [7, 11) is 0. The molecule has 28 heavy (non-hydrogen) atoms. The van der Waals surface area contributed by atoms with Crippen LogP contribution in [0.5, 0.6) is 0 Å². The van der Waals surface area contributed by atoms with E-state index in [2.05, 4.69) is 22.5 Å². The fraction of sp³-hybridized carbons (Fsp3) is 0.500. The zero-order chi connectivity index (χ0) is 20.8. The Morgan fingerprint density at radius 1 is 1.39 bits per heavy atom. The third-order valence-corrected chi connectivity index (χ3v) is 4.72. The van der Waals surface area contributed by atoms with E-state index >= 15 is 0 Å². The van der Waals surface area contributed by atoms with Gasteiger partial charge in [-0.15, -0.1) is 0 Å². The minimum absolute atomic E-state index is 0.0135. The molecule has 5 nitrogen and oxygen atoms in total. The molecule has 0 saturated carbocycles. The van der Waals surface area contributed by atoms with E-state index in [9.17, 15) is 22.8 Å². The largest absolute Gasteiger partial charge is 0.416 e. The van der Waals surface area contributed by atoms with Crippen LogP contribution in [-0.2, 0) is 15.8 Å². The van der Waals surface area contributed by atoms with Crippen LogP contribution in [0.15, 0.2) is 24.3 Å². The van der Waals surface area contributed by atoms with Crippen LogP contribution in [0.3, 0.4) is 0 Å². The molecular weight excluding hydrogens is 371 g/mol. The van der Waals surface area contributed by atoms with Gasteiger partial charge >= 0.3 is 6.18 Å². The van der Waals surface area contributed by atoms with E-state index in [4.69, 9.17) is 0 Å². The number of alkyl halides is 3. The monoisotopic (exact) mass is 395 g/mol. The highest BCUT2D eigenvalue weighted by Gasteiger charge is 2.41. The van der Waals surface area contributed by atoms with Crippen molar-refractivity contribution in [2.75, 3.05) is 26.2 Å². The van der Waals surface area contributed by atoms with E-state index in [-0.39, 0.29) is 30.5 Å². The van der Waals surface area contributed by atoms with Crippen molar-refractivity contribution in [1.29, 1.82) is 0 Å². The molecular formula is C20H24F3N3O2. The van der Waals surface area contributed by atoms with Gasteiger partial charge in [0.1, 0.15) is 0 Å². The fourth-order valence-corrected chi connectivity index (χ4v) is 3.19. The fourth-order valence-electron chi connectivity index (χ4n) is 3.19. The van der Waals surface area contributed by atoms with Crippen molar-refractivity contribution in [3.8, 4) is 11.8 Å². The lowest BCUT2D eigenvalue weighted by atomic mass is 9.90. The first kappa shape index (κ1) is 21.8. The minimum atomic E-state index is -4.42. The molecule has 1 heterocycles. The van der Waals surface area contributed by atoms with Crippen LogP contribution < -0.4 is 10.6 Å². The Labute approximate surface area is 162 Å². The van der Waals surface area contributed by atoms with Gasteiger partial charge in [-0.05, 0) is 31.5 Å². The Bertz CT molecular complexity index is 783. The van der Waals surface area contributed by atoms with Gasteiger partial charge in [0.2, 0.25) is 11.8 Å². The lowest BCUT2D eigenvalue weighted by molar-refractivity contribution is -0.139. The van der Waals surface area contributed by atoms with Crippen molar-refractivity contribution < 1.29 is 22.8 Å². The average molecular weight is 395 g/mol. The van der Waals surface area contributed by atoms with Gasteiger partial charge < -0.3 is 10.6 Å². The summed E-state index contributed by atoms with van der Waals surface area (Å²) in [6.45, 7) is 4.95. The summed E-state index contributed by atoms with van der Waals surface area (Å²) in [5.74, 6) is 4.91. The number of nitrogens with zero attached hydrogens (tertiary/aromatic N) is 1. The van der Waals surface area contributed by atoms with Gasteiger partial charge in [-0.3, -0.25) is 14.5 Å². The molecule has 1 atom stereocenters. The molecule has 8 heteroatoms. The Morgan fingerprint density at radius 3 is 2.82 bits per heavy atom. The molecule has 152 valence electrons. The van der Waals surface area contributed by atoms with Crippen molar-refractivity contribution in [1.82, 2.24) is 15.5 Å². The van der Waals surface area contributed by atoms with E-state index < -0.39 is 17.3 Å². The molecule has 1 saturated heterocycles. The SMILES string of the molecule is CCC[C@@]1(C)C(=O)NCCN1CC(=O)NCC#Cc1cccc(C(F)(F)F)c1. The Balaban J connectivity index is 1.91. The number of hydrogen-bond donors (Lipinski definition) is 2. The van der Waals surface area contributed by atoms with Crippen molar-refractivity contribution in [2.24, 2.45) is 0 Å². The maximum atomic E-state index is 12.7. The third kappa shape index (κ3) is 5.49. The lowest BCUT2D eigenvalue weighted by Crippen LogP contribution is -2.64. The molecule has 0 aromatic heterocycles. The van der Waals surface area contributed by atoms with E-state index in [1.807, 2.05) is 18.7 Å². The van der Waals surface area contributed by atoms with Gasteiger partial charge in [0.05, 0.1) is 24.2 Å². The second-order valence-electron chi connectivity index (χ2n) is 6.86. The molecule has 1 aromatic carbocycles. The predicted octanol–water partition coefficient (Wildman–Crippen LogP) is 2.16. The molecule has 2 amide bonds. The number of benzene rings is 1. The zero-order valence-corrected chi connectivity index (χ0v) is 15.9. The van der Waals surface area contributed by atoms with Gasteiger partial charge in [0.25, 0.3) is 0 Å². The van der Waals surface area contributed by atoms with Gasteiger partial charge in [0, 0.05) is 18.7 Å². The van der Waals surface area contributed by atoms with Crippen LogP contribution >= 0.6 is 0 Å². The molecule has 0 spiro atoms. The zero-order valence-electron chi connectivity index (χ0n) is 15.9. The maximum absolute atomic E-state index is 12.7. The highest BCUT2D eigenvalue weighted by molar-refractivity contribution is 5.88. The normalized spacial score (nSPS) is 20.1. The average Bonchev–Trinajstić information content (AvgIpc) is 2.63. The van der Waals surface area contributed by atoms with Crippen molar-refractivity contribution >= 4 is 11.8 Å². The first-order valence-corrected chi connectivity index (χ1v) is 9.13. The molecule has 2 N–H and O–H groups in total. The van der Waals surface area contributed by atoms with Crippen LogP contribution in [0.2, 0.25) is 0 Å². The molecule has 0 unspecified atom stereocenters. The van der Waals surface area contributed by atoms with Crippen LogP contribution in [0, 0.1) is 11.8 Å². The number of piperazine rings is 1. The van der Waals surface area contributed by atoms with E-state index in [0.29, 0.717) is 19.5 Å². The van der Waals surface area contributed by atoms with Crippen LogP contribution in [0.1, 0.15) is 37.8 Å². The van der Waals surface area contributed by atoms with E-state index in [1.54, 1.807) is 0 Å². The Kier molecular flexibility index (Phi) is 7.08. The number of amides is 2. The number of rotatable bonds is 5. The first-order chi connectivity index (χ1) is 13.2. The summed E-state index contributed by atoms with van der Waals surface area (Å²) in [6.07, 6.45) is -2.97. The Morgan fingerprint density at radius 2 is 2.14 bits per heavy atom. The molecule has 1 aliphatic rings. The molecule has 0 radical (unpaired) electrons. The topological polar surface area (TPSA) is 61.4 Å². The van der Waals surface area contributed by atoms with Crippen molar-refractivity contribution in [2.45, 2.75) is 38.4 Å². The molecule has 1 aromatic rings. The van der Waals surface area contributed by atoms with Crippen LogP contribution in [-0.4, -0.2) is 48.4 Å². The minimum Gasteiger partial charge on any atom is -0.353 e. The van der Waals surface area contributed by atoms with Gasteiger partial charge in [-0.25, -0.2) is 0 Å². The number of nitrogens with one attached hydrogen (secondary N) is 2.